The second-order valence-corrected chi connectivity index (χ2v) is 3.85. The van der Waals surface area contributed by atoms with Crippen LogP contribution in [0.3, 0.4) is 0 Å². The standard InChI is InChI=1S/C9H17NO4/c1-6-4-8(13-2)9(14-3)5-7(6)10(11)12/h6-9H,4-5H2,1-3H3. The van der Waals surface area contributed by atoms with Crippen LogP contribution in [0.15, 0.2) is 0 Å². The monoisotopic (exact) mass is 203 g/mol. The quantitative estimate of drug-likeness (QED) is 0.509. The van der Waals surface area contributed by atoms with Gasteiger partial charge in [0.25, 0.3) is 0 Å². The van der Waals surface area contributed by atoms with Crippen molar-refractivity contribution in [2.45, 2.75) is 38.0 Å². The number of nitro groups is 1. The van der Waals surface area contributed by atoms with Crippen LogP contribution in [0.5, 0.6) is 0 Å². The Bertz CT molecular complexity index is 209. The Balaban J connectivity index is 2.66. The Hall–Kier alpha value is -0.680. The van der Waals surface area contributed by atoms with Gasteiger partial charge in [0.1, 0.15) is 0 Å². The number of rotatable bonds is 3. The molecule has 4 unspecified atom stereocenters. The summed E-state index contributed by atoms with van der Waals surface area (Å²) in [4.78, 5) is 10.5. The Kier molecular flexibility index (Phi) is 3.83. The van der Waals surface area contributed by atoms with Crippen LogP contribution < -0.4 is 0 Å². The van der Waals surface area contributed by atoms with Gasteiger partial charge in [-0.05, 0) is 6.42 Å². The summed E-state index contributed by atoms with van der Waals surface area (Å²) in [5, 5.41) is 10.7. The number of ether oxygens (including phenoxy) is 2. The third-order valence-corrected chi connectivity index (χ3v) is 3.03. The molecule has 1 rings (SSSR count). The average molecular weight is 203 g/mol. The minimum atomic E-state index is -0.494. The number of methoxy groups -OCH3 is 2. The zero-order valence-corrected chi connectivity index (χ0v) is 8.80. The van der Waals surface area contributed by atoms with Crippen LogP contribution in [0.4, 0.5) is 0 Å². The summed E-state index contributed by atoms with van der Waals surface area (Å²) in [5.41, 5.74) is 0. The van der Waals surface area contributed by atoms with Gasteiger partial charge >= 0.3 is 0 Å². The van der Waals surface area contributed by atoms with Crippen molar-refractivity contribution in [2.24, 2.45) is 5.92 Å². The SMILES string of the molecule is COC1CC(C)C([N+](=O)[O-])CC1OC. The maximum absolute atomic E-state index is 10.7. The van der Waals surface area contributed by atoms with Crippen molar-refractivity contribution in [2.75, 3.05) is 14.2 Å². The van der Waals surface area contributed by atoms with Crippen LogP contribution in [0, 0.1) is 16.0 Å². The molecule has 82 valence electrons. The summed E-state index contributed by atoms with van der Waals surface area (Å²) in [6.45, 7) is 1.89. The van der Waals surface area contributed by atoms with Gasteiger partial charge in [0.15, 0.2) is 0 Å². The first-order valence-electron chi connectivity index (χ1n) is 4.79. The lowest BCUT2D eigenvalue weighted by molar-refractivity contribution is -0.538. The van der Waals surface area contributed by atoms with Crippen molar-refractivity contribution in [3.63, 3.8) is 0 Å². The van der Waals surface area contributed by atoms with E-state index >= 15 is 0 Å². The lowest BCUT2D eigenvalue weighted by atomic mass is 9.82. The van der Waals surface area contributed by atoms with Gasteiger partial charge in [-0.3, -0.25) is 10.1 Å². The van der Waals surface area contributed by atoms with Gasteiger partial charge in [-0.25, -0.2) is 0 Å². The number of hydrogen-bond donors (Lipinski definition) is 0. The fraction of sp³-hybridized carbons (Fsp3) is 1.00. The largest absolute Gasteiger partial charge is 0.379 e. The van der Waals surface area contributed by atoms with E-state index in [-0.39, 0.29) is 23.0 Å². The van der Waals surface area contributed by atoms with E-state index in [1.165, 1.54) is 0 Å². The summed E-state index contributed by atoms with van der Waals surface area (Å²) < 4.78 is 10.4. The number of nitrogens with zero attached hydrogens (tertiary/aromatic N) is 1. The molecule has 5 nitrogen and oxygen atoms in total. The second-order valence-electron chi connectivity index (χ2n) is 3.85. The van der Waals surface area contributed by atoms with Gasteiger partial charge in [0, 0.05) is 31.5 Å². The molecule has 0 aromatic heterocycles. The van der Waals surface area contributed by atoms with Crippen molar-refractivity contribution in [3.8, 4) is 0 Å². The van der Waals surface area contributed by atoms with Crippen molar-refractivity contribution < 1.29 is 14.4 Å². The van der Waals surface area contributed by atoms with E-state index < -0.39 is 6.04 Å². The smallest absolute Gasteiger partial charge is 0.218 e. The first-order valence-corrected chi connectivity index (χ1v) is 4.79. The third kappa shape index (κ3) is 2.22. The van der Waals surface area contributed by atoms with Gasteiger partial charge in [0.05, 0.1) is 12.2 Å². The van der Waals surface area contributed by atoms with Crippen LogP contribution >= 0.6 is 0 Å². The molecule has 0 aromatic carbocycles. The maximum atomic E-state index is 10.7. The topological polar surface area (TPSA) is 61.6 Å². The molecule has 0 aliphatic heterocycles. The van der Waals surface area contributed by atoms with Crippen LogP contribution in [0.25, 0.3) is 0 Å². The molecule has 0 amide bonds. The molecule has 0 saturated heterocycles. The zero-order chi connectivity index (χ0) is 10.7. The van der Waals surface area contributed by atoms with E-state index in [2.05, 4.69) is 0 Å². The highest BCUT2D eigenvalue weighted by Gasteiger charge is 2.41. The lowest BCUT2D eigenvalue weighted by Gasteiger charge is -2.34. The Morgan fingerprint density at radius 3 is 2.14 bits per heavy atom. The molecule has 0 heterocycles. The van der Waals surface area contributed by atoms with Crippen molar-refractivity contribution in [1.82, 2.24) is 0 Å². The molecule has 1 aliphatic carbocycles. The molecule has 0 spiro atoms. The molecule has 1 saturated carbocycles. The molecule has 4 atom stereocenters. The van der Waals surface area contributed by atoms with Gasteiger partial charge in [0.2, 0.25) is 6.04 Å². The third-order valence-electron chi connectivity index (χ3n) is 3.03. The Labute approximate surface area is 83.5 Å². The highest BCUT2D eigenvalue weighted by molar-refractivity contribution is 4.85. The summed E-state index contributed by atoms with van der Waals surface area (Å²) >= 11 is 0. The van der Waals surface area contributed by atoms with E-state index in [1.807, 2.05) is 6.92 Å². The van der Waals surface area contributed by atoms with Crippen molar-refractivity contribution >= 4 is 0 Å². The predicted molar refractivity (Wildman–Crippen MR) is 50.8 cm³/mol. The second kappa shape index (κ2) is 4.70. The molecule has 1 fully saturated rings. The summed E-state index contributed by atoms with van der Waals surface area (Å²) in [6, 6.07) is -0.494. The van der Waals surface area contributed by atoms with Gasteiger partial charge < -0.3 is 9.47 Å². The molecule has 0 aromatic rings. The van der Waals surface area contributed by atoms with E-state index in [1.54, 1.807) is 14.2 Å². The average Bonchev–Trinajstić information content (AvgIpc) is 2.16. The molecular weight excluding hydrogens is 186 g/mol. The fourth-order valence-electron chi connectivity index (χ4n) is 2.09. The highest BCUT2D eigenvalue weighted by Crippen LogP contribution is 2.29. The van der Waals surface area contributed by atoms with Gasteiger partial charge in [-0.1, -0.05) is 6.92 Å². The van der Waals surface area contributed by atoms with Gasteiger partial charge in [-0.15, -0.1) is 0 Å². The van der Waals surface area contributed by atoms with Crippen molar-refractivity contribution in [3.05, 3.63) is 10.1 Å². The Morgan fingerprint density at radius 2 is 1.71 bits per heavy atom. The van der Waals surface area contributed by atoms with Crippen LogP contribution in [0.1, 0.15) is 19.8 Å². The fourth-order valence-corrected chi connectivity index (χ4v) is 2.09. The van der Waals surface area contributed by atoms with Gasteiger partial charge in [-0.2, -0.15) is 0 Å². The molecular formula is C9H17NO4. The molecule has 0 bridgehead atoms. The maximum Gasteiger partial charge on any atom is 0.218 e. The summed E-state index contributed by atoms with van der Waals surface area (Å²) in [5.74, 6) is 0.0568. The van der Waals surface area contributed by atoms with Crippen LogP contribution in [-0.4, -0.2) is 37.4 Å². The highest BCUT2D eigenvalue weighted by atomic mass is 16.6. The predicted octanol–water partition coefficient (Wildman–Crippen LogP) is 1.09. The minimum Gasteiger partial charge on any atom is -0.379 e. The van der Waals surface area contributed by atoms with E-state index in [9.17, 15) is 10.1 Å². The molecule has 14 heavy (non-hydrogen) atoms. The first-order chi connectivity index (χ1) is 6.60. The minimum absolute atomic E-state index is 0.00815. The van der Waals surface area contributed by atoms with Crippen molar-refractivity contribution in [1.29, 1.82) is 0 Å². The number of hydrogen-bond acceptors (Lipinski definition) is 4. The van der Waals surface area contributed by atoms with E-state index in [0.29, 0.717) is 12.8 Å². The normalized spacial score (nSPS) is 38.2. The van der Waals surface area contributed by atoms with E-state index in [0.717, 1.165) is 0 Å². The zero-order valence-electron chi connectivity index (χ0n) is 8.80. The van der Waals surface area contributed by atoms with Crippen LogP contribution in [-0.2, 0) is 9.47 Å². The van der Waals surface area contributed by atoms with E-state index in [4.69, 9.17) is 9.47 Å². The summed E-state index contributed by atoms with van der Waals surface area (Å²) in [6.07, 6.45) is 0.988. The lowest BCUT2D eigenvalue weighted by Crippen LogP contribution is -2.45. The first kappa shape index (κ1) is 11.4. The molecule has 0 radical (unpaired) electrons. The molecule has 0 N–H and O–H groups in total. The van der Waals surface area contributed by atoms with Crippen LogP contribution in [0.2, 0.25) is 0 Å². The molecule has 1 aliphatic rings. The molecule has 5 heteroatoms. The Morgan fingerprint density at radius 1 is 1.21 bits per heavy atom. The summed E-state index contributed by atoms with van der Waals surface area (Å²) in [7, 11) is 3.19.